The largest absolute Gasteiger partial charge is 0.300 e. The number of hydrogen-bond donors (Lipinski definition) is 0. The highest BCUT2D eigenvalue weighted by molar-refractivity contribution is 7.99. The van der Waals surface area contributed by atoms with E-state index in [0.29, 0.717) is 5.37 Å². The van der Waals surface area contributed by atoms with Crippen LogP contribution in [0.2, 0.25) is 0 Å². The quantitative estimate of drug-likeness (QED) is 0.600. The number of rotatable bonds is 4. The Morgan fingerprint density at radius 2 is 1.37 bits per heavy atom. The second kappa shape index (κ2) is 9.09. The standard InChI is InChI=1S/C26H31N3S/c1-20-25(23-12-10-22(11-13-23)21-8-4-2-5-9-21)27-30-26(20)29-18-14-24(15-19-29)28-16-6-3-7-17-28/h2,4-5,8-13,24,26H,1,3,6-7,14-19H2. The van der Waals surface area contributed by atoms with E-state index in [0.717, 1.165) is 24.8 Å². The van der Waals surface area contributed by atoms with E-state index >= 15 is 0 Å². The first-order valence-corrected chi connectivity index (χ1v) is 12.2. The van der Waals surface area contributed by atoms with Crippen molar-refractivity contribution in [1.82, 2.24) is 9.80 Å². The first kappa shape index (κ1) is 20.0. The van der Waals surface area contributed by atoms with Gasteiger partial charge in [0.2, 0.25) is 0 Å². The van der Waals surface area contributed by atoms with Gasteiger partial charge in [-0.1, -0.05) is 67.6 Å². The molecule has 3 heterocycles. The van der Waals surface area contributed by atoms with E-state index in [2.05, 4.69) is 71.0 Å². The summed E-state index contributed by atoms with van der Waals surface area (Å²) < 4.78 is 4.84. The van der Waals surface area contributed by atoms with Gasteiger partial charge in [-0.25, -0.2) is 4.40 Å². The lowest BCUT2D eigenvalue weighted by molar-refractivity contribution is 0.0931. The Morgan fingerprint density at radius 3 is 2.07 bits per heavy atom. The maximum absolute atomic E-state index is 4.84. The van der Waals surface area contributed by atoms with Gasteiger partial charge in [-0.15, -0.1) is 0 Å². The third-order valence-corrected chi connectivity index (χ3v) is 7.92. The van der Waals surface area contributed by atoms with Crippen LogP contribution in [0.15, 0.2) is 71.1 Å². The van der Waals surface area contributed by atoms with Gasteiger partial charge in [0.1, 0.15) is 5.37 Å². The van der Waals surface area contributed by atoms with E-state index < -0.39 is 0 Å². The zero-order valence-corrected chi connectivity index (χ0v) is 18.5. The number of nitrogens with zero attached hydrogens (tertiary/aromatic N) is 3. The molecule has 0 saturated carbocycles. The molecular weight excluding hydrogens is 386 g/mol. The van der Waals surface area contributed by atoms with Gasteiger partial charge in [-0.3, -0.25) is 4.90 Å². The van der Waals surface area contributed by atoms with Crippen molar-refractivity contribution in [2.75, 3.05) is 26.2 Å². The Morgan fingerprint density at radius 1 is 0.733 bits per heavy atom. The van der Waals surface area contributed by atoms with Crippen LogP contribution in [0, 0.1) is 0 Å². The van der Waals surface area contributed by atoms with E-state index in [1.807, 2.05) is 0 Å². The summed E-state index contributed by atoms with van der Waals surface area (Å²) in [5.74, 6) is 0. The summed E-state index contributed by atoms with van der Waals surface area (Å²) in [6, 6.07) is 20.1. The zero-order chi connectivity index (χ0) is 20.3. The molecule has 0 N–H and O–H groups in total. The summed E-state index contributed by atoms with van der Waals surface area (Å²) in [6.45, 7) is 9.39. The average Bonchev–Trinajstić information content (AvgIpc) is 3.22. The molecule has 1 atom stereocenters. The fourth-order valence-electron chi connectivity index (χ4n) is 5.09. The fourth-order valence-corrected chi connectivity index (χ4v) is 6.10. The summed E-state index contributed by atoms with van der Waals surface area (Å²) >= 11 is 1.70. The van der Waals surface area contributed by atoms with Crippen LogP contribution in [-0.4, -0.2) is 53.1 Å². The van der Waals surface area contributed by atoms with Gasteiger partial charge < -0.3 is 4.90 Å². The van der Waals surface area contributed by atoms with Crippen LogP contribution in [0.1, 0.15) is 37.7 Å². The summed E-state index contributed by atoms with van der Waals surface area (Å²) in [6.07, 6.45) is 6.75. The van der Waals surface area contributed by atoms with Crippen LogP contribution in [0.5, 0.6) is 0 Å². The zero-order valence-electron chi connectivity index (χ0n) is 17.7. The molecule has 5 rings (SSSR count). The molecule has 0 spiro atoms. The Hall–Kier alpha value is -1.88. The van der Waals surface area contributed by atoms with Crippen LogP contribution in [0.3, 0.4) is 0 Å². The lowest BCUT2D eigenvalue weighted by Gasteiger charge is -2.41. The molecule has 30 heavy (non-hydrogen) atoms. The Labute approximate surface area is 185 Å². The van der Waals surface area contributed by atoms with Crippen molar-refractivity contribution in [3.8, 4) is 11.1 Å². The molecule has 2 saturated heterocycles. The SMILES string of the molecule is C=C1C(c2ccc(-c3ccccc3)cc2)=NSC1N1CCC(N2CCCCC2)CC1. The maximum Gasteiger partial charge on any atom is 0.105 e. The van der Waals surface area contributed by atoms with Crippen molar-refractivity contribution in [2.45, 2.75) is 43.5 Å². The molecule has 4 heteroatoms. The number of benzene rings is 2. The van der Waals surface area contributed by atoms with E-state index in [1.54, 1.807) is 11.9 Å². The van der Waals surface area contributed by atoms with E-state index in [9.17, 15) is 0 Å². The lowest BCUT2D eigenvalue weighted by Crippen LogP contribution is -2.48. The predicted molar refractivity (Wildman–Crippen MR) is 129 cm³/mol. The van der Waals surface area contributed by atoms with Crippen molar-refractivity contribution in [1.29, 1.82) is 0 Å². The van der Waals surface area contributed by atoms with Crippen molar-refractivity contribution in [3.63, 3.8) is 0 Å². The summed E-state index contributed by atoms with van der Waals surface area (Å²) in [5.41, 5.74) is 5.91. The van der Waals surface area contributed by atoms with Crippen LogP contribution >= 0.6 is 11.9 Å². The molecular formula is C26H31N3S. The minimum atomic E-state index is 0.302. The lowest BCUT2D eigenvalue weighted by atomic mass is 9.97. The highest BCUT2D eigenvalue weighted by Gasteiger charge is 2.34. The van der Waals surface area contributed by atoms with Gasteiger partial charge in [0.15, 0.2) is 0 Å². The first-order valence-electron chi connectivity index (χ1n) is 11.4. The summed E-state index contributed by atoms with van der Waals surface area (Å²) in [4.78, 5) is 5.34. The highest BCUT2D eigenvalue weighted by atomic mass is 32.2. The first-order chi connectivity index (χ1) is 14.8. The van der Waals surface area contributed by atoms with Gasteiger partial charge in [0, 0.05) is 30.3 Å². The normalized spacial score (nSPS) is 24.2. The molecule has 2 fully saturated rings. The number of hydrogen-bond acceptors (Lipinski definition) is 4. The molecule has 3 aliphatic heterocycles. The molecule has 1 unspecified atom stereocenters. The Kier molecular flexibility index (Phi) is 6.07. The molecule has 2 aromatic rings. The van der Waals surface area contributed by atoms with E-state index in [1.165, 1.54) is 67.5 Å². The molecule has 156 valence electrons. The Bertz CT molecular complexity index is 892. The number of likely N-dealkylation sites (tertiary alicyclic amines) is 2. The minimum absolute atomic E-state index is 0.302. The summed E-state index contributed by atoms with van der Waals surface area (Å²) in [7, 11) is 0. The van der Waals surface area contributed by atoms with Gasteiger partial charge in [-0.05, 0) is 61.8 Å². The molecule has 3 aliphatic rings. The van der Waals surface area contributed by atoms with Crippen LogP contribution in [0.4, 0.5) is 0 Å². The van der Waals surface area contributed by atoms with Crippen molar-refractivity contribution in [2.24, 2.45) is 4.40 Å². The summed E-state index contributed by atoms with van der Waals surface area (Å²) in [5, 5.41) is 0.302. The van der Waals surface area contributed by atoms with Gasteiger partial charge >= 0.3 is 0 Å². The van der Waals surface area contributed by atoms with Gasteiger partial charge in [-0.2, -0.15) is 0 Å². The van der Waals surface area contributed by atoms with E-state index in [-0.39, 0.29) is 0 Å². The Balaban J connectivity index is 1.20. The molecule has 0 bridgehead atoms. The van der Waals surface area contributed by atoms with Gasteiger partial charge in [0.25, 0.3) is 0 Å². The molecule has 0 aliphatic carbocycles. The van der Waals surface area contributed by atoms with E-state index in [4.69, 9.17) is 4.40 Å². The third kappa shape index (κ3) is 4.14. The smallest absolute Gasteiger partial charge is 0.105 e. The molecule has 3 nitrogen and oxygen atoms in total. The van der Waals surface area contributed by atoms with Crippen LogP contribution < -0.4 is 0 Å². The second-order valence-electron chi connectivity index (χ2n) is 8.73. The maximum atomic E-state index is 4.84. The molecule has 0 aromatic heterocycles. The fraction of sp³-hybridized carbons (Fsp3) is 0.423. The van der Waals surface area contributed by atoms with Crippen LogP contribution in [0.25, 0.3) is 11.1 Å². The molecule has 0 radical (unpaired) electrons. The monoisotopic (exact) mass is 417 g/mol. The minimum Gasteiger partial charge on any atom is -0.300 e. The van der Waals surface area contributed by atoms with Crippen LogP contribution in [-0.2, 0) is 0 Å². The predicted octanol–water partition coefficient (Wildman–Crippen LogP) is 5.64. The third-order valence-electron chi connectivity index (χ3n) is 6.85. The van der Waals surface area contributed by atoms with Crippen molar-refractivity contribution in [3.05, 3.63) is 72.3 Å². The highest BCUT2D eigenvalue weighted by Crippen LogP contribution is 2.36. The second-order valence-corrected chi connectivity index (χ2v) is 9.57. The molecule has 2 aromatic carbocycles. The van der Waals surface area contributed by atoms with Crippen molar-refractivity contribution >= 4 is 17.7 Å². The topological polar surface area (TPSA) is 18.8 Å². The molecule has 0 amide bonds. The van der Waals surface area contributed by atoms with Gasteiger partial charge in [0.05, 0.1) is 5.71 Å². The average molecular weight is 418 g/mol. The van der Waals surface area contributed by atoms with Crippen molar-refractivity contribution < 1.29 is 0 Å². The number of piperidine rings is 2.